The zero-order valence-electron chi connectivity index (χ0n) is 24.1. The lowest BCUT2D eigenvalue weighted by atomic mass is 9.91. The number of hydrogen-bond donors (Lipinski definition) is 1. The lowest BCUT2D eigenvalue weighted by Crippen LogP contribution is -2.07. The van der Waals surface area contributed by atoms with Crippen molar-refractivity contribution in [1.82, 2.24) is 0 Å². The Labute approximate surface area is 257 Å². The number of carbonyl (C=O) groups excluding carboxylic acids is 2. The number of anilines is 1. The van der Waals surface area contributed by atoms with Crippen molar-refractivity contribution in [3.05, 3.63) is 149 Å². The van der Waals surface area contributed by atoms with Crippen molar-refractivity contribution in [2.45, 2.75) is 33.1 Å². The maximum absolute atomic E-state index is 15.4. The fraction of sp³-hybridized carbons (Fsp3) is 0.128. The van der Waals surface area contributed by atoms with E-state index < -0.39 is 0 Å². The Kier molecular flexibility index (Phi) is 6.78. The van der Waals surface area contributed by atoms with E-state index in [9.17, 15) is 9.59 Å². The van der Waals surface area contributed by atoms with Crippen molar-refractivity contribution in [3.8, 4) is 22.3 Å². The molecule has 7 rings (SSSR count). The van der Waals surface area contributed by atoms with Crippen LogP contribution in [0.15, 0.2) is 102 Å². The summed E-state index contributed by atoms with van der Waals surface area (Å²) in [5.74, 6) is -0.509. The van der Waals surface area contributed by atoms with Crippen LogP contribution >= 0.6 is 0 Å². The number of rotatable bonds is 9. The first-order chi connectivity index (χ1) is 20.9. The van der Waals surface area contributed by atoms with Crippen molar-refractivity contribution in [3.63, 3.8) is 0 Å². The van der Waals surface area contributed by atoms with Crippen molar-refractivity contribution in [1.29, 1.82) is 0 Å². The van der Waals surface area contributed by atoms with Gasteiger partial charge in [-0.2, -0.15) is 0 Å². The van der Waals surface area contributed by atoms with Gasteiger partial charge in [0.15, 0.2) is 5.78 Å². The van der Waals surface area contributed by atoms with Crippen LogP contribution in [0.25, 0.3) is 33.4 Å². The summed E-state index contributed by atoms with van der Waals surface area (Å²) in [4.78, 5) is 25.9. The molecule has 4 aromatic rings. The van der Waals surface area contributed by atoms with Crippen LogP contribution in [0.3, 0.4) is 0 Å². The van der Waals surface area contributed by atoms with E-state index in [-0.39, 0.29) is 23.2 Å². The van der Waals surface area contributed by atoms with E-state index in [1.54, 1.807) is 0 Å². The number of halogens is 1. The van der Waals surface area contributed by atoms with E-state index in [1.807, 2.05) is 87.0 Å². The highest BCUT2D eigenvalue weighted by Gasteiger charge is 2.29. The van der Waals surface area contributed by atoms with Gasteiger partial charge in [0.25, 0.3) is 5.91 Å². The molecule has 0 unspecified atom stereocenters. The fourth-order valence-electron chi connectivity index (χ4n) is 5.99. The van der Waals surface area contributed by atoms with Crippen LogP contribution in [0.1, 0.15) is 58.1 Å². The summed E-state index contributed by atoms with van der Waals surface area (Å²) in [6, 6.07) is 25.5. The molecule has 0 bridgehead atoms. The van der Waals surface area contributed by atoms with Gasteiger partial charge in [-0.1, -0.05) is 85.3 Å². The lowest BCUT2D eigenvalue weighted by molar-refractivity contribution is -0.110. The second kappa shape index (κ2) is 10.8. The Morgan fingerprint density at radius 1 is 0.837 bits per heavy atom. The molecule has 4 aromatic carbocycles. The van der Waals surface area contributed by atoms with E-state index in [0.29, 0.717) is 36.1 Å². The summed E-state index contributed by atoms with van der Waals surface area (Å²) in [5, 5.41) is 2.88. The third-order valence-corrected chi connectivity index (χ3v) is 8.57. The minimum absolute atomic E-state index is 0. The summed E-state index contributed by atoms with van der Waals surface area (Å²) in [6.07, 6.45) is 9.92. The first-order valence-electron chi connectivity index (χ1n) is 14.7. The zero-order valence-corrected chi connectivity index (χ0v) is 24.1. The molecule has 0 saturated heterocycles. The van der Waals surface area contributed by atoms with E-state index in [4.69, 9.17) is 0 Å². The molecule has 1 aliphatic heterocycles. The Balaban J connectivity index is 0.00000150. The van der Waals surface area contributed by atoms with Crippen molar-refractivity contribution in [2.75, 3.05) is 5.32 Å². The average Bonchev–Trinajstić information content (AvgIpc) is 3.95. The first-order valence-corrected chi connectivity index (χ1v) is 14.7. The van der Waals surface area contributed by atoms with Crippen LogP contribution in [0.4, 0.5) is 10.1 Å². The van der Waals surface area contributed by atoms with E-state index in [2.05, 4.69) is 29.9 Å². The number of amides is 1. The molecular weight excluding hydrogens is 533 g/mol. The first kappa shape index (κ1) is 27.0. The molecule has 0 spiro atoms. The number of nitrogens with one attached hydrogen (secondary N) is 1. The monoisotopic (exact) mass is 571 g/mol. The van der Waals surface area contributed by atoms with Crippen LogP contribution in [0, 0.1) is 25.6 Å². The third kappa shape index (κ3) is 5.18. The number of benzene rings is 4. The second-order valence-electron chi connectivity index (χ2n) is 11.3. The number of carbonyl (C=O) groups is 2. The molecule has 0 fully saturated rings. The molecule has 43 heavy (non-hydrogen) atoms. The number of ketones is 1. The highest BCUT2D eigenvalue weighted by atomic mass is 19.1. The van der Waals surface area contributed by atoms with Gasteiger partial charge in [-0.05, 0) is 83.3 Å². The highest BCUT2D eigenvalue weighted by molar-refractivity contribution is 6.32. The molecular formula is C39H38FNO2. The number of allylic oxidation sites excluding steroid dienone is 5. The van der Waals surface area contributed by atoms with Crippen molar-refractivity contribution < 1.29 is 19.7 Å². The van der Waals surface area contributed by atoms with Crippen molar-refractivity contribution in [2.24, 2.45) is 0 Å². The quantitative estimate of drug-likeness (QED) is 0.160. The van der Waals surface area contributed by atoms with Crippen molar-refractivity contribution >= 4 is 28.5 Å². The maximum atomic E-state index is 15.4. The van der Waals surface area contributed by atoms with E-state index in [0.717, 1.165) is 50.1 Å². The Morgan fingerprint density at radius 2 is 1.53 bits per heavy atom. The SMILES string of the molecule is CCC(CCc1ccc(C)c(C(=O)C2=C[CH]2)c1)=C1C(=O)Nc2cc(F)c(-c3ccc(-c4ccccc4C4=C[CH]4)cc3)cc21.[HH].[HH].[HH].[HH]. The standard InChI is InChI=1S/C39H30FNO2.4H2/c1-3-25(11-10-24-9-8-23(2)32(20-24)38(42)29-18-19-29)37-34-21-33(35(40)22-36(34)41-39(37)43)28-16-14-27(15-17-28)31-7-5-4-6-30(31)26-12-13-26;;;;/h4-9,12-22H,3,10-11H2,1-2H3,(H,41,43);4*1H. The molecule has 2 radical (unpaired) electrons. The molecule has 3 nitrogen and oxygen atoms in total. The Hall–Kier alpha value is -4.83. The van der Waals surface area contributed by atoms with Gasteiger partial charge in [-0.3, -0.25) is 9.59 Å². The third-order valence-electron chi connectivity index (χ3n) is 8.57. The summed E-state index contributed by atoms with van der Waals surface area (Å²) in [5.41, 5.74) is 12.2. The molecule has 1 heterocycles. The highest BCUT2D eigenvalue weighted by Crippen LogP contribution is 2.41. The molecule has 0 atom stereocenters. The van der Waals surface area contributed by atoms with Gasteiger partial charge >= 0.3 is 0 Å². The average molecular weight is 572 g/mol. The summed E-state index contributed by atoms with van der Waals surface area (Å²) >= 11 is 0. The number of hydrogen-bond acceptors (Lipinski definition) is 2. The number of fused-ring (bicyclic) bond motifs is 1. The van der Waals surface area contributed by atoms with Crippen LogP contribution in [-0.4, -0.2) is 11.7 Å². The second-order valence-corrected chi connectivity index (χ2v) is 11.3. The molecule has 218 valence electrons. The molecule has 4 heteroatoms. The van der Waals surface area contributed by atoms with Gasteiger partial charge in [-0.25, -0.2) is 4.39 Å². The Bertz CT molecular complexity index is 1940. The van der Waals surface area contributed by atoms with Gasteiger partial charge in [0.05, 0.1) is 5.69 Å². The number of Topliss-reactive ketones (excluding diaryl/α,β-unsaturated/α-hetero) is 1. The van der Waals surface area contributed by atoms with Crippen LogP contribution in [0.5, 0.6) is 0 Å². The largest absolute Gasteiger partial charge is 0.321 e. The molecule has 2 aliphatic carbocycles. The summed E-state index contributed by atoms with van der Waals surface area (Å²) in [6.45, 7) is 4.00. The predicted octanol–water partition coefficient (Wildman–Crippen LogP) is 10.1. The van der Waals surface area contributed by atoms with Crippen LogP contribution < -0.4 is 5.32 Å². The minimum Gasteiger partial charge on any atom is -0.321 e. The molecule has 0 saturated carbocycles. The maximum Gasteiger partial charge on any atom is 0.256 e. The van der Waals surface area contributed by atoms with E-state index >= 15 is 4.39 Å². The normalized spacial score (nSPS) is 15.8. The van der Waals surface area contributed by atoms with Gasteiger partial charge in [0, 0.05) is 46.4 Å². The number of aryl methyl sites for hydroxylation is 2. The zero-order chi connectivity index (χ0) is 29.7. The summed E-state index contributed by atoms with van der Waals surface area (Å²) < 4.78 is 15.4. The Morgan fingerprint density at radius 3 is 2.21 bits per heavy atom. The fourth-order valence-corrected chi connectivity index (χ4v) is 5.99. The van der Waals surface area contributed by atoms with Crippen LogP contribution in [0.2, 0.25) is 0 Å². The minimum atomic E-state index is -0.371. The van der Waals surface area contributed by atoms with Crippen LogP contribution in [-0.2, 0) is 11.2 Å². The molecule has 1 amide bonds. The molecule has 3 aliphatic rings. The summed E-state index contributed by atoms with van der Waals surface area (Å²) in [7, 11) is 0. The van der Waals surface area contributed by atoms with E-state index in [1.165, 1.54) is 17.2 Å². The van der Waals surface area contributed by atoms with Gasteiger partial charge < -0.3 is 5.32 Å². The smallest absolute Gasteiger partial charge is 0.256 e. The molecule has 1 N–H and O–H groups in total. The lowest BCUT2D eigenvalue weighted by Gasteiger charge is -2.13. The molecule has 0 aromatic heterocycles. The van der Waals surface area contributed by atoms with Gasteiger partial charge in [0.2, 0.25) is 0 Å². The topological polar surface area (TPSA) is 46.2 Å². The predicted molar refractivity (Wildman–Crippen MR) is 180 cm³/mol. The van der Waals surface area contributed by atoms with Gasteiger partial charge in [-0.15, -0.1) is 0 Å². The van der Waals surface area contributed by atoms with Gasteiger partial charge in [0.1, 0.15) is 5.82 Å².